The van der Waals surface area contributed by atoms with Crippen molar-refractivity contribution in [1.82, 2.24) is 5.32 Å². The standard InChI is InChI=1S/C20H24N2O3.ClH/c1-24-13-17(21)20(23)22-19(14-6-3-2-4-7-14)16-9-10-18-15(12-16)8-5-11-25-18;/h2-4,6-7,9-10,12,17,19H,5,8,11,13,21H2,1H3,(H,22,23);1H. The summed E-state index contributed by atoms with van der Waals surface area (Å²) in [6.45, 7) is 0.947. The minimum atomic E-state index is -0.697. The van der Waals surface area contributed by atoms with Crippen molar-refractivity contribution in [2.75, 3.05) is 20.3 Å². The van der Waals surface area contributed by atoms with E-state index in [1.54, 1.807) is 0 Å². The molecule has 0 bridgehead atoms. The summed E-state index contributed by atoms with van der Waals surface area (Å²) in [6, 6.07) is 15.0. The van der Waals surface area contributed by atoms with Gasteiger partial charge in [0.05, 0.1) is 19.3 Å². The van der Waals surface area contributed by atoms with E-state index < -0.39 is 6.04 Å². The van der Waals surface area contributed by atoms with Crippen molar-refractivity contribution in [2.24, 2.45) is 5.73 Å². The van der Waals surface area contributed by atoms with Gasteiger partial charge in [-0.05, 0) is 41.7 Å². The molecule has 1 heterocycles. The summed E-state index contributed by atoms with van der Waals surface area (Å²) in [5.41, 5.74) is 9.10. The highest BCUT2D eigenvalue weighted by Crippen LogP contribution is 2.30. The Morgan fingerprint density at radius 2 is 2.00 bits per heavy atom. The first-order valence-corrected chi connectivity index (χ1v) is 8.54. The van der Waals surface area contributed by atoms with Crippen LogP contribution in [0.3, 0.4) is 0 Å². The fraction of sp³-hybridized carbons (Fsp3) is 0.350. The number of nitrogens with one attached hydrogen (secondary N) is 1. The van der Waals surface area contributed by atoms with Crippen molar-refractivity contribution in [1.29, 1.82) is 0 Å². The Bertz CT molecular complexity index is 724. The van der Waals surface area contributed by atoms with E-state index in [0.717, 1.165) is 36.3 Å². The average molecular weight is 377 g/mol. The molecule has 1 aliphatic heterocycles. The van der Waals surface area contributed by atoms with Crippen LogP contribution in [0.1, 0.15) is 29.2 Å². The van der Waals surface area contributed by atoms with Crippen molar-refractivity contribution in [3.63, 3.8) is 0 Å². The molecule has 0 saturated carbocycles. The maximum atomic E-state index is 12.4. The smallest absolute Gasteiger partial charge is 0.240 e. The van der Waals surface area contributed by atoms with Gasteiger partial charge in [-0.25, -0.2) is 0 Å². The predicted octanol–water partition coefficient (Wildman–Crippen LogP) is 2.61. The number of ether oxygens (including phenoxy) is 2. The number of halogens is 1. The van der Waals surface area contributed by atoms with E-state index in [0.29, 0.717) is 0 Å². The van der Waals surface area contributed by atoms with Crippen LogP contribution in [0.25, 0.3) is 0 Å². The van der Waals surface area contributed by atoms with E-state index in [-0.39, 0.29) is 31.0 Å². The van der Waals surface area contributed by atoms with Crippen molar-refractivity contribution >= 4 is 18.3 Å². The summed E-state index contributed by atoms with van der Waals surface area (Å²) in [5.74, 6) is 0.703. The first kappa shape index (κ1) is 20.2. The molecule has 0 aromatic heterocycles. The van der Waals surface area contributed by atoms with Gasteiger partial charge in [0.15, 0.2) is 0 Å². The monoisotopic (exact) mass is 376 g/mol. The van der Waals surface area contributed by atoms with Gasteiger partial charge in [0, 0.05) is 7.11 Å². The number of nitrogens with two attached hydrogens (primary N) is 1. The van der Waals surface area contributed by atoms with E-state index in [1.165, 1.54) is 12.7 Å². The topological polar surface area (TPSA) is 73.6 Å². The van der Waals surface area contributed by atoms with Gasteiger partial charge < -0.3 is 20.5 Å². The molecule has 2 atom stereocenters. The lowest BCUT2D eigenvalue weighted by Gasteiger charge is -2.24. The minimum Gasteiger partial charge on any atom is -0.493 e. The fourth-order valence-electron chi connectivity index (χ4n) is 3.07. The van der Waals surface area contributed by atoms with E-state index in [2.05, 4.69) is 11.4 Å². The minimum absolute atomic E-state index is 0. The number of methoxy groups -OCH3 is 1. The molecule has 3 N–H and O–H groups in total. The van der Waals surface area contributed by atoms with Gasteiger partial charge in [0.2, 0.25) is 5.91 Å². The zero-order valence-corrected chi connectivity index (χ0v) is 15.6. The normalized spacial score (nSPS) is 15.0. The number of amides is 1. The van der Waals surface area contributed by atoms with Crippen molar-refractivity contribution in [3.05, 3.63) is 65.2 Å². The average Bonchev–Trinajstić information content (AvgIpc) is 2.66. The molecule has 140 valence electrons. The molecule has 2 unspecified atom stereocenters. The fourth-order valence-corrected chi connectivity index (χ4v) is 3.07. The molecule has 1 aliphatic rings. The van der Waals surface area contributed by atoms with Crippen molar-refractivity contribution < 1.29 is 14.3 Å². The summed E-state index contributed by atoms with van der Waals surface area (Å²) >= 11 is 0. The quantitative estimate of drug-likeness (QED) is 0.812. The van der Waals surface area contributed by atoms with Crippen LogP contribution in [0.2, 0.25) is 0 Å². The van der Waals surface area contributed by atoms with Gasteiger partial charge in [-0.3, -0.25) is 4.79 Å². The molecule has 0 saturated heterocycles. The zero-order chi connectivity index (χ0) is 17.6. The Morgan fingerprint density at radius 3 is 2.73 bits per heavy atom. The molecule has 26 heavy (non-hydrogen) atoms. The maximum Gasteiger partial charge on any atom is 0.240 e. The highest BCUT2D eigenvalue weighted by Gasteiger charge is 2.22. The van der Waals surface area contributed by atoms with Crippen LogP contribution in [-0.4, -0.2) is 32.3 Å². The first-order chi connectivity index (χ1) is 12.2. The molecule has 0 aliphatic carbocycles. The summed E-state index contributed by atoms with van der Waals surface area (Å²) in [4.78, 5) is 12.4. The number of carbonyl (C=O) groups excluding carboxylic acids is 1. The summed E-state index contributed by atoms with van der Waals surface area (Å²) < 4.78 is 10.7. The third kappa shape index (κ3) is 4.75. The molecule has 5 nitrogen and oxygen atoms in total. The van der Waals surface area contributed by atoms with Crippen molar-refractivity contribution in [3.8, 4) is 5.75 Å². The molecule has 0 fully saturated rings. The molecular weight excluding hydrogens is 352 g/mol. The van der Waals surface area contributed by atoms with Crippen molar-refractivity contribution in [2.45, 2.75) is 24.9 Å². The second kappa shape index (κ2) is 9.57. The Balaban J connectivity index is 0.00000243. The highest BCUT2D eigenvalue weighted by molar-refractivity contribution is 5.85. The number of benzene rings is 2. The van der Waals surface area contributed by atoms with Crippen LogP contribution in [0.15, 0.2) is 48.5 Å². The zero-order valence-electron chi connectivity index (χ0n) is 14.8. The lowest BCUT2D eigenvalue weighted by Crippen LogP contribution is -2.45. The van der Waals surface area contributed by atoms with E-state index in [4.69, 9.17) is 15.2 Å². The number of aryl methyl sites for hydroxylation is 1. The summed E-state index contributed by atoms with van der Waals surface area (Å²) in [5, 5.41) is 3.06. The summed E-state index contributed by atoms with van der Waals surface area (Å²) in [6.07, 6.45) is 2.00. The van der Waals surface area contributed by atoms with Gasteiger partial charge >= 0.3 is 0 Å². The van der Waals surface area contributed by atoms with Gasteiger partial charge in [-0.1, -0.05) is 36.4 Å². The molecule has 6 heteroatoms. The Hall–Kier alpha value is -2.08. The SMILES string of the molecule is COCC(N)C(=O)NC(c1ccccc1)c1ccc2c(c1)CCCO2.Cl. The molecule has 1 amide bonds. The molecule has 2 aromatic rings. The largest absolute Gasteiger partial charge is 0.493 e. The van der Waals surface area contributed by atoms with Gasteiger partial charge in [0.1, 0.15) is 11.8 Å². The maximum absolute atomic E-state index is 12.4. The van der Waals surface area contributed by atoms with Crippen LogP contribution >= 0.6 is 12.4 Å². The number of fused-ring (bicyclic) bond motifs is 1. The molecule has 0 spiro atoms. The first-order valence-electron chi connectivity index (χ1n) is 8.54. The number of carbonyl (C=O) groups is 1. The Labute approximate surface area is 160 Å². The summed E-state index contributed by atoms with van der Waals surface area (Å²) in [7, 11) is 1.53. The Kier molecular flexibility index (Phi) is 7.45. The van der Waals surface area contributed by atoms with Gasteiger partial charge in [0.25, 0.3) is 0 Å². The van der Waals surface area contributed by atoms with Crippen LogP contribution in [0.4, 0.5) is 0 Å². The number of hydrogen-bond donors (Lipinski definition) is 2. The third-order valence-electron chi connectivity index (χ3n) is 4.37. The van der Waals surface area contributed by atoms with E-state index in [1.807, 2.05) is 42.5 Å². The number of rotatable bonds is 6. The van der Waals surface area contributed by atoms with Crippen LogP contribution in [0, 0.1) is 0 Å². The van der Waals surface area contributed by atoms with E-state index >= 15 is 0 Å². The lowest BCUT2D eigenvalue weighted by molar-refractivity contribution is -0.123. The predicted molar refractivity (Wildman–Crippen MR) is 104 cm³/mol. The van der Waals surface area contributed by atoms with E-state index in [9.17, 15) is 4.79 Å². The second-order valence-corrected chi connectivity index (χ2v) is 6.23. The number of hydrogen-bond acceptors (Lipinski definition) is 4. The molecular formula is C20H25ClN2O3. The lowest BCUT2D eigenvalue weighted by atomic mass is 9.94. The van der Waals surface area contributed by atoms with Gasteiger partial charge in [-0.2, -0.15) is 0 Å². The highest BCUT2D eigenvalue weighted by atomic mass is 35.5. The molecule has 3 rings (SSSR count). The van der Waals surface area contributed by atoms with Crippen LogP contribution < -0.4 is 15.8 Å². The molecule has 2 aromatic carbocycles. The Morgan fingerprint density at radius 1 is 1.23 bits per heavy atom. The van der Waals surface area contributed by atoms with Crippen LogP contribution in [0.5, 0.6) is 5.75 Å². The third-order valence-corrected chi connectivity index (χ3v) is 4.37. The van der Waals surface area contributed by atoms with Gasteiger partial charge in [-0.15, -0.1) is 12.4 Å². The second-order valence-electron chi connectivity index (χ2n) is 6.23. The molecule has 0 radical (unpaired) electrons. The van der Waals surface area contributed by atoms with Crippen LogP contribution in [-0.2, 0) is 16.0 Å².